The van der Waals surface area contributed by atoms with E-state index < -0.39 is 20.0 Å². The number of hydrogen-bond acceptors (Lipinski definition) is 6. The number of aliphatic hydroxyl groups is 1. The van der Waals surface area contributed by atoms with Crippen LogP contribution in [0.3, 0.4) is 0 Å². The van der Waals surface area contributed by atoms with Crippen molar-refractivity contribution in [3.05, 3.63) is 0 Å². The first-order valence-corrected chi connectivity index (χ1v) is 38.8. The van der Waals surface area contributed by atoms with Crippen LogP contribution in [0.1, 0.15) is 412 Å². The van der Waals surface area contributed by atoms with Crippen LogP contribution in [0.5, 0.6) is 0 Å². The Bertz CT molecular complexity index is 1300. The zero-order chi connectivity index (χ0) is 59.8. The fraction of sp³-hybridized carbons (Fsp3) is 0.986. The average Bonchev–Trinajstić information content (AvgIpc) is 3.47. The van der Waals surface area contributed by atoms with Gasteiger partial charge in [-0.15, -0.1) is 0 Å². The van der Waals surface area contributed by atoms with Crippen LogP contribution in [0.4, 0.5) is 0 Å². The van der Waals surface area contributed by atoms with E-state index >= 15 is 0 Å². The fourth-order valence-corrected chi connectivity index (χ4v) is 12.8. The van der Waals surface area contributed by atoms with E-state index in [4.69, 9.17) is 9.05 Å². The first-order valence-electron chi connectivity index (χ1n) is 37.4. The summed E-state index contributed by atoms with van der Waals surface area (Å²) in [7, 11) is 1.33. The Morgan fingerprint density at radius 2 is 0.598 bits per heavy atom. The van der Waals surface area contributed by atoms with Crippen molar-refractivity contribution in [2.75, 3.05) is 40.9 Å². The summed E-state index contributed by atoms with van der Waals surface area (Å²) in [4.78, 5) is 25.7. The maximum absolute atomic E-state index is 13.1. The molecule has 0 saturated carbocycles. The van der Waals surface area contributed by atoms with E-state index in [1.165, 1.54) is 347 Å². The van der Waals surface area contributed by atoms with Crippen molar-refractivity contribution in [1.29, 1.82) is 0 Å². The van der Waals surface area contributed by atoms with Crippen molar-refractivity contribution in [1.82, 2.24) is 5.32 Å². The molecule has 0 heterocycles. The summed E-state index contributed by atoms with van der Waals surface area (Å²) in [5.41, 5.74) is 0. The van der Waals surface area contributed by atoms with E-state index in [-0.39, 0.29) is 19.1 Å². The molecule has 0 aliphatic rings. The van der Waals surface area contributed by atoms with Crippen LogP contribution in [0.25, 0.3) is 0 Å². The summed E-state index contributed by atoms with van der Waals surface area (Å²) in [6.07, 6.45) is 82.0. The molecule has 0 aromatic rings. The standard InChI is InChI=1S/C73H149N2O6P/c1-6-8-10-12-14-16-18-20-22-24-26-28-30-32-34-36-37-38-39-40-42-44-46-48-50-52-54-56-58-60-62-64-66-72(76)71(70-81-82(78,79)80-69-68-75(3,4)5)74-73(77)67-65-63-61-59-57-55-53-51-49-47-45-43-41-35-33-31-29-27-25-23-21-19-17-15-13-11-9-7-2/h71-72,76H,6-70H2,1-5H3,(H-,74,77,78,79). The van der Waals surface area contributed by atoms with Crippen molar-refractivity contribution in [2.45, 2.75) is 424 Å². The van der Waals surface area contributed by atoms with Crippen LogP contribution in [0, 0.1) is 0 Å². The first kappa shape index (κ1) is 81.5. The van der Waals surface area contributed by atoms with Gasteiger partial charge in [0.25, 0.3) is 7.82 Å². The third kappa shape index (κ3) is 67.0. The molecule has 3 atom stereocenters. The molecule has 0 aromatic carbocycles. The molecule has 0 aromatic heterocycles. The van der Waals surface area contributed by atoms with Gasteiger partial charge in [-0.1, -0.05) is 393 Å². The zero-order valence-corrected chi connectivity index (χ0v) is 57.4. The maximum atomic E-state index is 13.1. The van der Waals surface area contributed by atoms with Gasteiger partial charge in [0.05, 0.1) is 39.9 Å². The van der Waals surface area contributed by atoms with Crippen molar-refractivity contribution < 1.29 is 32.9 Å². The molecule has 0 fully saturated rings. The number of amides is 1. The number of unbranched alkanes of at least 4 members (excludes halogenated alkanes) is 58. The van der Waals surface area contributed by atoms with Crippen LogP contribution < -0.4 is 10.2 Å². The van der Waals surface area contributed by atoms with E-state index in [0.29, 0.717) is 23.9 Å². The van der Waals surface area contributed by atoms with Crippen LogP contribution >= 0.6 is 7.82 Å². The van der Waals surface area contributed by atoms with Crippen molar-refractivity contribution >= 4 is 13.7 Å². The Kier molecular flexibility index (Phi) is 64.6. The molecule has 0 aliphatic heterocycles. The van der Waals surface area contributed by atoms with Gasteiger partial charge in [-0.25, -0.2) is 0 Å². The van der Waals surface area contributed by atoms with Crippen LogP contribution in [0.2, 0.25) is 0 Å². The number of likely N-dealkylation sites (N-methyl/N-ethyl adjacent to an activating group) is 1. The molecule has 8 nitrogen and oxygen atoms in total. The number of aliphatic hydroxyl groups excluding tert-OH is 1. The summed E-state index contributed by atoms with van der Waals surface area (Å²) in [5, 5.41) is 14.1. The summed E-state index contributed by atoms with van der Waals surface area (Å²) in [6.45, 7) is 4.81. The van der Waals surface area contributed by atoms with Gasteiger partial charge in [-0.05, 0) is 12.8 Å². The molecule has 2 N–H and O–H groups in total. The molecule has 82 heavy (non-hydrogen) atoms. The van der Waals surface area contributed by atoms with Gasteiger partial charge in [0, 0.05) is 6.42 Å². The summed E-state index contributed by atoms with van der Waals surface area (Å²) >= 11 is 0. The SMILES string of the molecule is CCCCCCCCCCCCCCCCCCCCCCCCCCCCCCCCCCC(O)C(COP(=O)([O-])OCC[N+](C)(C)C)NC(=O)CCCCCCCCCCCCCCCCCCCCCCCCCCCCCC. The number of phosphoric ester groups is 1. The van der Waals surface area contributed by atoms with Gasteiger partial charge in [-0.3, -0.25) is 9.36 Å². The molecule has 0 aliphatic carbocycles. The number of carbonyl (C=O) groups is 1. The Balaban J connectivity index is 3.94. The van der Waals surface area contributed by atoms with E-state index in [2.05, 4.69) is 19.2 Å². The second kappa shape index (κ2) is 65.0. The summed E-state index contributed by atoms with van der Waals surface area (Å²) < 4.78 is 23.6. The monoisotopic (exact) mass is 1180 g/mol. The van der Waals surface area contributed by atoms with Crippen LogP contribution in [0.15, 0.2) is 0 Å². The molecule has 0 rings (SSSR count). The molecule has 0 radical (unpaired) electrons. The molecular weight excluding hydrogens is 1030 g/mol. The molecule has 0 spiro atoms. The highest BCUT2D eigenvalue weighted by molar-refractivity contribution is 7.45. The Hall–Kier alpha value is -0.500. The molecule has 9 heteroatoms. The molecule has 0 saturated heterocycles. The molecule has 0 bridgehead atoms. The Morgan fingerprint density at radius 1 is 0.378 bits per heavy atom. The van der Waals surface area contributed by atoms with Crippen molar-refractivity contribution in [3.8, 4) is 0 Å². The lowest BCUT2D eigenvalue weighted by Crippen LogP contribution is -2.46. The Labute approximate surface area is 514 Å². The number of quaternary nitrogens is 1. The maximum Gasteiger partial charge on any atom is 0.268 e. The minimum Gasteiger partial charge on any atom is -0.756 e. The minimum atomic E-state index is -4.58. The van der Waals surface area contributed by atoms with E-state index in [1.54, 1.807) is 0 Å². The molecule has 1 amide bonds. The number of carbonyl (C=O) groups excluding carboxylic acids is 1. The van der Waals surface area contributed by atoms with Gasteiger partial charge in [0.2, 0.25) is 5.91 Å². The van der Waals surface area contributed by atoms with Crippen molar-refractivity contribution in [2.24, 2.45) is 0 Å². The molecular formula is C73H149N2O6P. The van der Waals surface area contributed by atoms with Crippen molar-refractivity contribution in [3.63, 3.8) is 0 Å². The normalized spacial score (nSPS) is 13.5. The van der Waals surface area contributed by atoms with Gasteiger partial charge >= 0.3 is 0 Å². The second-order valence-electron chi connectivity index (χ2n) is 27.4. The predicted octanol–water partition coefficient (Wildman–Crippen LogP) is 23.3. The second-order valence-corrected chi connectivity index (χ2v) is 28.8. The first-order chi connectivity index (χ1) is 40.0. The quantitative estimate of drug-likeness (QED) is 0.0357. The summed E-state index contributed by atoms with van der Waals surface area (Å²) in [5.74, 6) is -0.153. The number of phosphoric acid groups is 1. The Morgan fingerprint density at radius 3 is 0.829 bits per heavy atom. The fourth-order valence-electron chi connectivity index (χ4n) is 12.0. The number of hydrogen-bond donors (Lipinski definition) is 2. The third-order valence-corrected chi connectivity index (χ3v) is 18.8. The highest BCUT2D eigenvalue weighted by atomic mass is 31.2. The highest BCUT2D eigenvalue weighted by Crippen LogP contribution is 2.38. The minimum absolute atomic E-state index is 0.0171. The van der Waals surface area contributed by atoms with Gasteiger partial charge in [-0.2, -0.15) is 0 Å². The number of nitrogens with zero attached hydrogens (tertiary/aromatic N) is 1. The lowest BCUT2D eigenvalue weighted by molar-refractivity contribution is -0.870. The van der Waals surface area contributed by atoms with E-state index in [9.17, 15) is 19.4 Å². The number of rotatable bonds is 71. The largest absolute Gasteiger partial charge is 0.756 e. The van der Waals surface area contributed by atoms with Gasteiger partial charge < -0.3 is 28.8 Å². The zero-order valence-electron chi connectivity index (χ0n) is 56.5. The lowest BCUT2D eigenvalue weighted by atomic mass is 10.0. The summed E-state index contributed by atoms with van der Waals surface area (Å²) in [6, 6.07) is -0.797. The van der Waals surface area contributed by atoms with E-state index in [1.807, 2.05) is 21.1 Å². The molecule has 3 unspecified atom stereocenters. The van der Waals surface area contributed by atoms with E-state index in [0.717, 1.165) is 38.5 Å². The van der Waals surface area contributed by atoms with Gasteiger partial charge in [0.15, 0.2) is 0 Å². The smallest absolute Gasteiger partial charge is 0.268 e. The number of nitrogens with one attached hydrogen (secondary N) is 1. The average molecular weight is 1180 g/mol. The highest BCUT2D eigenvalue weighted by Gasteiger charge is 2.24. The molecule has 492 valence electrons. The lowest BCUT2D eigenvalue weighted by Gasteiger charge is -2.30. The third-order valence-electron chi connectivity index (χ3n) is 17.8. The van der Waals surface area contributed by atoms with Crippen LogP contribution in [-0.2, 0) is 18.4 Å². The van der Waals surface area contributed by atoms with Gasteiger partial charge in [0.1, 0.15) is 13.2 Å². The predicted molar refractivity (Wildman–Crippen MR) is 358 cm³/mol. The topological polar surface area (TPSA) is 108 Å². The van der Waals surface area contributed by atoms with Crippen LogP contribution in [-0.4, -0.2) is 68.5 Å².